The molecule has 0 aliphatic heterocycles. The van der Waals surface area contributed by atoms with Crippen molar-refractivity contribution in [3.63, 3.8) is 0 Å². The third-order valence-electron chi connectivity index (χ3n) is 18.2. The minimum Gasteiger partial charge on any atom is -0.309 e. The summed E-state index contributed by atoms with van der Waals surface area (Å²) in [6, 6.07) is 113. The molecule has 0 saturated carbocycles. The molecule has 12 aromatic carbocycles. The quantitative estimate of drug-likeness (QED) is 0.144. The molecule has 0 aliphatic rings. The first kappa shape index (κ1) is 54.1. The maximum atomic E-state index is 5.09. The fourth-order valence-electron chi connectivity index (χ4n) is 14.0. The summed E-state index contributed by atoms with van der Waals surface area (Å²) < 4.78 is 9.08. The third-order valence-corrected chi connectivity index (χ3v) is 18.2. The minimum absolute atomic E-state index is 0.578. The van der Waals surface area contributed by atoms with Crippen molar-refractivity contribution < 1.29 is 0 Å². The molecule has 0 saturated heterocycles. The zero-order valence-corrected chi connectivity index (χ0v) is 50.8. The van der Waals surface area contributed by atoms with E-state index in [2.05, 4.69) is 273 Å². The Morgan fingerprint density at radius 1 is 0.213 bits per heavy atom. The fourth-order valence-corrected chi connectivity index (χ4v) is 14.0. The lowest BCUT2D eigenvalue weighted by Gasteiger charge is -2.11. The molecule has 0 unspecified atom stereocenters. The number of rotatable bonds is 9. The number of hydrogen-bond donors (Lipinski definition) is 0. The van der Waals surface area contributed by atoms with Crippen molar-refractivity contribution in [1.29, 1.82) is 0 Å². The summed E-state index contributed by atoms with van der Waals surface area (Å²) >= 11 is 0. The average Bonchev–Trinajstić information content (AvgIpc) is 1.60. The Labute approximate surface area is 540 Å². The fraction of sp³-hybridized carbons (Fsp3) is 0. The van der Waals surface area contributed by atoms with Gasteiger partial charge in [0, 0.05) is 83.7 Å². The second-order valence-corrected chi connectivity index (χ2v) is 23.6. The Morgan fingerprint density at radius 2 is 0.543 bits per heavy atom. The van der Waals surface area contributed by atoms with Crippen LogP contribution < -0.4 is 0 Å². The van der Waals surface area contributed by atoms with Crippen molar-refractivity contribution in [2.24, 2.45) is 0 Å². The van der Waals surface area contributed by atoms with Gasteiger partial charge in [0.25, 0.3) is 0 Å². The van der Waals surface area contributed by atoms with Gasteiger partial charge < -0.3 is 4.57 Å². The van der Waals surface area contributed by atoms with Crippen molar-refractivity contribution >= 4 is 87.5 Å². The molecule has 7 heterocycles. The van der Waals surface area contributed by atoms with Crippen LogP contribution in [0.5, 0.6) is 0 Å². The van der Waals surface area contributed by atoms with Crippen LogP contribution in [0.4, 0.5) is 0 Å². The van der Waals surface area contributed by atoms with Gasteiger partial charge in [-0.2, -0.15) is 9.97 Å². The van der Waals surface area contributed by atoms with Gasteiger partial charge >= 0.3 is 0 Å². The van der Waals surface area contributed by atoms with Crippen LogP contribution in [0.15, 0.2) is 334 Å². The number of benzene rings is 12. The summed E-state index contributed by atoms with van der Waals surface area (Å²) in [7, 11) is 0. The third kappa shape index (κ3) is 9.05. The Hall–Kier alpha value is -12.9. The number of para-hydroxylation sites is 6. The van der Waals surface area contributed by atoms with Crippen LogP contribution in [0.25, 0.3) is 167 Å². The van der Waals surface area contributed by atoms with Gasteiger partial charge in [0.15, 0.2) is 11.6 Å². The predicted molar refractivity (Wildman–Crippen MR) is 386 cm³/mol. The summed E-state index contributed by atoms with van der Waals surface area (Å²) in [6.07, 6.45) is 3.86. The van der Waals surface area contributed by atoms with Gasteiger partial charge in [-0.05, 0) is 130 Å². The zero-order chi connectivity index (χ0) is 62.1. The van der Waals surface area contributed by atoms with E-state index in [0.717, 1.165) is 88.8 Å². The molecule has 0 atom stereocenters. The summed E-state index contributed by atoms with van der Waals surface area (Å²) in [4.78, 5) is 25.0. The molecule has 94 heavy (non-hydrogen) atoms. The summed E-state index contributed by atoms with van der Waals surface area (Å²) in [5, 5.41) is 9.41. The molecule has 7 aromatic heterocycles. The molecule has 0 N–H and O–H groups in total. The van der Waals surface area contributed by atoms with E-state index in [1.807, 2.05) is 79.1 Å². The van der Waals surface area contributed by atoms with Gasteiger partial charge in [-0.3, -0.25) is 13.7 Å². The van der Waals surface area contributed by atoms with E-state index < -0.39 is 0 Å². The lowest BCUT2D eigenvalue weighted by atomic mass is 9.99. The Kier molecular flexibility index (Phi) is 13.0. The zero-order valence-electron chi connectivity index (χ0n) is 50.8. The topological polar surface area (TPSA) is 84.2 Å². The van der Waals surface area contributed by atoms with Crippen LogP contribution in [0, 0.1) is 0 Å². The molecule has 9 heteroatoms. The number of fused-ring (bicyclic) bond motifs is 12. The molecular formula is C85H55N9. The average molecular weight is 1200 g/mol. The lowest BCUT2D eigenvalue weighted by Crippen LogP contribution is -2.06. The highest BCUT2D eigenvalue weighted by molar-refractivity contribution is 6.18. The highest BCUT2D eigenvalue weighted by atomic mass is 15.2. The minimum atomic E-state index is 0.578. The van der Waals surface area contributed by atoms with Crippen LogP contribution in [0.2, 0.25) is 0 Å². The normalized spacial score (nSPS) is 11.6. The molecule has 0 fully saturated rings. The van der Waals surface area contributed by atoms with Gasteiger partial charge in [-0.15, -0.1) is 0 Å². The van der Waals surface area contributed by atoms with Crippen molar-refractivity contribution in [1.82, 2.24) is 43.2 Å². The lowest BCUT2D eigenvalue weighted by molar-refractivity contribution is 0.953. The second-order valence-electron chi connectivity index (χ2n) is 23.6. The van der Waals surface area contributed by atoms with Crippen molar-refractivity contribution in [2.75, 3.05) is 0 Å². The summed E-state index contributed by atoms with van der Waals surface area (Å²) in [5.41, 5.74) is 20.9. The van der Waals surface area contributed by atoms with Crippen molar-refractivity contribution in [3.05, 3.63) is 334 Å². The smallest absolute Gasteiger partial charge is 0.238 e. The standard InChI is InChI=1S/C44H28N6.C41H27N3/c1-4-14-29(15-5-1)41-46-42(30-16-6-2-7-17-30)48-44(47-41)50-37-22-12-10-20-34(37)36-28-31(24-25-39(36)50)33-26-27-45-43-40(33)35-21-11-13-23-38(35)49(43)32-18-8-3-9-19-32;1-3-11-28(12-4-1)29-19-22-32(23-20-29)43-37-17-9-7-15-34(37)36-27-30(21-24-39(36)43)33-25-26-42-41-40(33)35-16-8-10-18-38(35)44(41)31-13-5-2-6-14-31/h1-28H;1-27H. The first-order valence-corrected chi connectivity index (χ1v) is 31.6. The molecule has 0 amide bonds. The van der Waals surface area contributed by atoms with Gasteiger partial charge in [-0.1, -0.05) is 224 Å². The van der Waals surface area contributed by atoms with Crippen molar-refractivity contribution in [3.8, 4) is 79.2 Å². The molecule has 0 aliphatic carbocycles. The molecule has 440 valence electrons. The SMILES string of the molecule is c1ccc(-c2ccc(-n3c4ccccc4c4cc(-c5ccnc6c5c5ccccc5n6-c5ccccc5)ccc43)cc2)cc1.c1ccc(-c2nc(-c3ccccc3)nc(-n3c4ccccc4c4cc(-c5ccnc6c5c5ccccc5n6-c5ccccc5)ccc43)n2)cc1. The molecule has 9 nitrogen and oxygen atoms in total. The predicted octanol–water partition coefficient (Wildman–Crippen LogP) is 21.1. The highest BCUT2D eigenvalue weighted by Gasteiger charge is 2.23. The Morgan fingerprint density at radius 3 is 1.00 bits per heavy atom. The van der Waals surface area contributed by atoms with Crippen LogP contribution in [-0.4, -0.2) is 43.2 Å². The molecular weight excluding hydrogens is 1150 g/mol. The number of nitrogens with zero attached hydrogens (tertiary/aromatic N) is 9. The Bertz CT molecular complexity index is 6020. The van der Waals surface area contributed by atoms with Crippen LogP contribution in [-0.2, 0) is 0 Å². The van der Waals surface area contributed by atoms with Gasteiger partial charge in [0.2, 0.25) is 5.95 Å². The molecule has 0 radical (unpaired) electrons. The van der Waals surface area contributed by atoms with Gasteiger partial charge in [0.05, 0.1) is 33.1 Å². The van der Waals surface area contributed by atoms with E-state index in [4.69, 9.17) is 24.9 Å². The molecule has 0 bridgehead atoms. The van der Waals surface area contributed by atoms with Crippen LogP contribution in [0.3, 0.4) is 0 Å². The Balaban J connectivity index is 0.000000139. The van der Waals surface area contributed by atoms with Crippen LogP contribution >= 0.6 is 0 Å². The van der Waals surface area contributed by atoms with Gasteiger partial charge in [0.1, 0.15) is 11.3 Å². The maximum Gasteiger partial charge on any atom is 0.238 e. The monoisotopic (exact) mass is 1200 g/mol. The van der Waals surface area contributed by atoms with E-state index in [1.165, 1.54) is 60.2 Å². The van der Waals surface area contributed by atoms with E-state index >= 15 is 0 Å². The van der Waals surface area contributed by atoms with Crippen molar-refractivity contribution in [2.45, 2.75) is 0 Å². The first-order chi connectivity index (χ1) is 46.7. The van der Waals surface area contributed by atoms with E-state index in [0.29, 0.717) is 17.6 Å². The van der Waals surface area contributed by atoms with E-state index in [1.54, 1.807) is 0 Å². The highest BCUT2D eigenvalue weighted by Crippen LogP contribution is 2.43. The second kappa shape index (κ2) is 22.6. The van der Waals surface area contributed by atoms with Crippen LogP contribution in [0.1, 0.15) is 0 Å². The largest absolute Gasteiger partial charge is 0.309 e. The number of pyridine rings is 2. The molecule has 19 aromatic rings. The van der Waals surface area contributed by atoms with E-state index in [9.17, 15) is 0 Å². The molecule has 19 rings (SSSR count). The summed E-state index contributed by atoms with van der Waals surface area (Å²) in [5.74, 6) is 1.84. The van der Waals surface area contributed by atoms with E-state index in [-0.39, 0.29) is 0 Å². The van der Waals surface area contributed by atoms with Gasteiger partial charge in [-0.25, -0.2) is 15.0 Å². The summed E-state index contributed by atoms with van der Waals surface area (Å²) in [6.45, 7) is 0. The number of aromatic nitrogens is 9. The maximum absolute atomic E-state index is 5.09. The molecule has 0 spiro atoms. The number of hydrogen-bond acceptors (Lipinski definition) is 5. The first-order valence-electron chi connectivity index (χ1n) is 31.6.